The normalized spacial score (nSPS) is 18.9. The van der Waals surface area contributed by atoms with Crippen molar-refractivity contribution in [1.29, 1.82) is 0 Å². The van der Waals surface area contributed by atoms with Gasteiger partial charge in [0.1, 0.15) is 5.82 Å². The minimum Gasteiger partial charge on any atom is -0.319 e. The molecule has 0 aliphatic heterocycles. The first-order valence-corrected chi connectivity index (χ1v) is 6.72. The third-order valence-electron chi connectivity index (χ3n) is 3.69. The van der Waals surface area contributed by atoms with Crippen LogP contribution in [0.2, 0.25) is 0 Å². The maximum absolute atomic E-state index is 6.45. The number of aromatic nitrogens is 2. The molecule has 1 aromatic rings. The smallest absolute Gasteiger partial charge is 0.148 e. The Morgan fingerprint density at radius 2 is 1.94 bits per heavy atom. The Morgan fingerprint density at radius 3 is 2.47 bits per heavy atom. The highest BCUT2D eigenvalue weighted by molar-refractivity contribution is 5.19. The number of nitrogens with two attached hydrogens (primary N) is 1. The second-order valence-corrected chi connectivity index (χ2v) is 5.48. The lowest BCUT2D eigenvalue weighted by molar-refractivity contribution is 0.426. The molecule has 0 atom stereocenters. The third kappa shape index (κ3) is 2.49. The minimum absolute atomic E-state index is 0.269. The summed E-state index contributed by atoms with van der Waals surface area (Å²) in [4.78, 5) is 9.35. The molecule has 3 heteroatoms. The molecule has 0 spiro atoms. The summed E-state index contributed by atoms with van der Waals surface area (Å²) in [6, 6.07) is 2.12. The van der Waals surface area contributed by atoms with Crippen LogP contribution in [0.5, 0.6) is 0 Å². The zero-order valence-corrected chi connectivity index (χ0v) is 11.2. The summed E-state index contributed by atoms with van der Waals surface area (Å²) in [6.07, 6.45) is 5.40. The van der Waals surface area contributed by atoms with Gasteiger partial charge in [-0.15, -0.1) is 0 Å². The summed E-state index contributed by atoms with van der Waals surface area (Å²) >= 11 is 0. The van der Waals surface area contributed by atoms with Crippen LogP contribution in [-0.4, -0.2) is 9.97 Å². The molecule has 0 radical (unpaired) electrons. The van der Waals surface area contributed by atoms with E-state index in [1.165, 1.54) is 12.8 Å². The van der Waals surface area contributed by atoms with Crippen LogP contribution in [0.25, 0.3) is 0 Å². The molecule has 0 aromatic carbocycles. The van der Waals surface area contributed by atoms with Gasteiger partial charge in [0.15, 0.2) is 0 Å². The van der Waals surface area contributed by atoms with Crippen LogP contribution in [0.1, 0.15) is 69.6 Å². The van der Waals surface area contributed by atoms with Crippen LogP contribution in [-0.2, 0) is 12.0 Å². The topological polar surface area (TPSA) is 51.8 Å². The predicted octanol–water partition coefficient (Wildman–Crippen LogP) is 2.89. The van der Waals surface area contributed by atoms with E-state index in [1.807, 2.05) is 0 Å². The Bertz CT molecular complexity index is 392. The number of hydrogen-bond acceptors (Lipinski definition) is 3. The minimum atomic E-state index is -0.269. The Balaban J connectivity index is 2.42. The van der Waals surface area contributed by atoms with Crippen LogP contribution >= 0.6 is 0 Å². The Labute approximate surface area is 104 Å². The van der Waals surface area contributed by atoms with E-state index in [0.29, 0.717) is 5.92 Å². The molecule has 1 saturated carbocycles. The van der Waals surface area contributed by atoms with Gasteiger partial charge in [0.2, 0.25) is 0 Å². The van der Waals surface area contributed by atoms with E-state index in [9.17, 15) is 0 Å². The Hall–Kier alpha value is -0.960. The summed E-state index contributed by atoms with van der Waals surface area (Å²) in [5, 5.41) is 0. The highest BCUT2D eigenvalue weighted by Gasteiger charge is 2.34. The molecule has 3 nitrogen and oxygen atoms in total. The third-order valence-corrected chi connectivity index (χ3v) is 3.69. The zero-order valence-electron chi connectivity index (χ0n) is 11.2. The standard InChI is InChI=1S/C14H23N3/c1-4-11-9-12(10(2)3)17-13(16-11)14(15)7-5-6-8-14/h9-10H,4-8,15H2,1-3H3. The molecule has 0 saturated heterocycles. The lowest BCUT2D eigenvalue weighted by Crippen LogP contribution is -2.36. The molecule has 17 heavy (non-hydrogen) atoms. The Kier molecular flexibility index (Phi) is 3.48. The average molecular weight is 233 g/mol. The highest BCUT2D eigenvalue weighted by atomic mass is 15.0. The molecule has 94 valence electrons. The van der Waals surface area contributed by atoms with E-state index in [-0.39, 0.29) is 5.54 Å². The summed E-state index contributed by atoms with van der Waals surface area (Å²) in [7, 11) is 0. The maximum Gasteiger partial charge on any atom is 0.148 e. The second kappa shape index (κ2) is 4.73. The SMILES string of the molecule is CCc1cc(C(C)C)nc(C2(N)CCCC2)n1. The van der Waals surface area contributed by atoms with Gasteiger partial charge in [0.05, 0.1) is 5.54 Å². The lowest BCUT2D eigenvalue weighted by Gasteiger charge is -2.23. The molecule has 0 unspecified atom stereocenters. The first-order valence-electron chi connectivity index (χ1n) is 6.72. The van der Waals surface area contributed by atoms with Gasteiger partial charge in [-0.25, -0.2) is 9.97 Å². The van der Waals surface area contributed by atoms with Crippen LogP contribution in [0.3, 0.4) is 0 Å². The molecule has 1 aliphatic carbocycles. The van der Waals surface area contributed by atoms with Gasteiger partial charge >= 0.3 is 0 Å². The van der Waals surface area contributed by atoms with Crippen LogP contribution in [0, 0.1) is 0 Å². The van der Waals surface area contributed by atoms with Crippen LogP contribution in [0.4, 0.5) is 0 Å². The lowest BCUT2D eigenvalue weighted by atomic mass is 9.97. The van der Waals surface area contributed by atoms with E-state index < -0.39 is 0 Å². The summed E-state index contributed by atoms with van der Waals surface area (Å²) in [5.74, 6) is 1.31. The fourth-order valence-corrected chi connectivity index (χ4v) is 2.45. The monoisotopic (exact) mass is 233 g/mol. The van der Waals surface area contributed by atoms with Crippen molar-refractivity contribution in [2.45, 2.75) is 64.3 Å². The molecular weight excluding hydrogens is 210 g/mol. The Morgan fingerprint density at radius 1 is 1.29 bits per heavy atom. The van der Waals surface area contributed by atoms with E-state index in [4.69, 9.17) is 10.7 Å². The number of nitrogens with zero attached hydrogens (tertiary/aromatic N) is 2. The van der Waals surface area contributed by atoms with Gasteiger partial charge in [0.25, 0.3) is 0 Å². The van der Waals surface area contributed by atoms with E-state index in [0.717, 1.165) is 36.5 Å². The largest absolute Gasteiger partial charge is 0.319 e. The van der Waals surface area contributed by atoms with E-state index in [1.54, 1.807) is 0 Å². The molecule has 1 heterocycles. The van der Waals surface area contributed by atoms with Gasteiger partial charge in [0, 0.05) is 11.4 Å². The van der Waals surface area contributed by atoms with Gasteiger partial charge < -0.3 is 5.73 Å². The summed E-state index contributed by atoms with van der Waals surface area (Å²) < 4.78 is 0. The van der Waals surface area contributed by atoms with Gasteiger partial charge in [-0.1, -0.05) is 33.6 Å². The second-order valence-electron chi connectivity index (χ2n) is 5.48. The fourth-order valence-electron chi connectivity index (χ4n) is 2.45. The highest BCUT2D eigenvalue weighted by Crippen LogP contribution is 2.34. The molecule has 0 amide bonds. The van der Waals surface area contributed by atoms with Gasteiger partial charge in [-0.2, -0.15) is 0 Å². The van der Waals surface area contributed by atoms with Gasteiger partial charge in [-0.05, 0) is 31.2 Å². The van der Waals surface area contributed by atoms with Crippen molar-refractivity contribution < 1.29 is 0 Å². The van der Waals surface area contributed by atoms with Crippen molar-refractivity contribution in [2.24, 2.45) is 5.73 Å². The summed E-state index contributed by atoms with van der Waals surface area (Å²) in [5.41, 5.74) is 8.43. The number of hydrogen-bond donors (Lipinski definition) is 1. The fraction of sp³-hybridized carbons (Fsp3) is 0.714. The molecule has 1 aromatic heterocycles. The first-order chi connectivity index (χ1) is 8.05. The van der Waals surface area contributed by atoms with E-state index in [2.05, 4.69) is 31.8 Å². The molecule has 1 aliphatic rings. The van der Waals surface area contributed by atoms with Crippen molar-refractivity contribution in [2.75, 3.05) is 0 Å². The number of rotatable bonds is 3. The predicted molar refractivity (Wildman–Crippen MR) is 69.8 cm³/mol. The van der Waals surface area contributed by atoms with Crippen molar-refractivity contribution in [3.05, 3.63) is 23.3 Å². The first kappa shape index (κ1) is 12.5. The van der Waals surface area contributed by atoms with E-state index >= 15 is 0 Å². The van der Waals surface area contributed by atoms with Crippen LogP contribution in [0.15, 0.2) is 6.07 Å². The molecule has 1 fully saturated rings. The molecule has 2 rings (SSSR count). The van der Waals surface area contributed by atoms with Crippen LogP contribution < -0.4 is 5.73 Å². The van der Waals surface area contributed by atoms with Crippen molar-refractivity contribution >= 4 is 0 Å². The van der Waals surface area contributed by atoms with Crippen molar-refractivity contribution in [1.82, 2.24) is 9.97 Å². The number of aryl methyl sites for hydroxylation is 1. The maximum atomic E-state index is 6.45. The quantitative estimate of drug-likeness (QED) is 0.873. The molecule has 2 N–H and O–H groups in total. The van der Waals surface area contributed by atoms with Crippen molar-refractivity contribution in [3.8, 4) is 0 Å². The summed E-state index contributed by atoms with van der Waals surface area (Å²) in [6.45, 7) is 6.47. The average Bonchev–Trinajstić information content (AvgIpc) is 2.77. The molecule has 0 bridgehead atoms. The van der Waals surface area contributed by atoms with Gasteiger partial charge in [-0.3, -0.25) is 0 Å². The molecular formula is C14H23N3. The zero-order chi connectivity index (χ0) is 12.5. The van der Waals surface area contributed by atoms with Crippen molar-refractivity contribution in [3.63, 3.8) is 0 Å².